The summed E-state index contributed by atoms with van der Waals surface area (Å²) in [5.74, 6) is 1.92. The molecule has 0 amide bonds. The van der Waals surface area contributed by atoms with Gasteiger partial charge in [-0.1, -0.05) is 133 Å². The van der Waals surface area contributed by atoms with Crippen molar-refractivity contribution in [1.29, 1.82) is 0 Å². The van der Waals surface area contributed by atoms with Gasteiger partial charge in [-0.2, -0.15) is 0 Å². The van der Waals surface area contributed by atoms with Crippen LogP contribution in [0.25, 0.3) is 97.4 Å². The first-order valence-corrected chi connectivity index (χ1v) is 18.8. The quantitative estimate of drug-likeness (QED) is 0.173. The summed E-state index contributed by atoms with van der Waals surface area (Å²) in [6.45, 7) is 0. The predicted molar refractivity (Wildman–Crippen MR) is 219 cm³/mol. The minimum Gasteiger partial charge on any atom is -0.236 e. The number of thiophene rings is 1. The van der Waals surface area contributed by atoms with Crippen LogP contribution in [0.1, 0.15) is 0 Å². The van der Waals surface area contributed by atoms with Gasteiger partial charge in [0.25, 0.3) is 0 Å². The maximum absolute atomic E-state index is 5.27. The molecule has 3 aromatic heterocycles. The highest BCUT2D eigenvalue weighted by atomic mass is 32.1. The Balaban J connectivity index is 1.19. The third-order valence-corrected chi connectivity index (χ3v) is 11.7. The largest absolute Gasteiger partial charge is 0.236 e. The Kier molecular flexibility index (Phi) is 7.48. The molecule has 0 aliphatic carbocycles. The van der Waals surface area contributed by atoms with E-state index in [0.29, 0.717) is 17.5 Å². The highest BCUT2D eigenvalue weighted by molar-refractivity contribution is 7.27. The molecular weight excluding hydrogens is 673 g/mol. The average Bonchev–Trinajstić information content (AvgIpc) is 3.84. The van der Waals surface area contributed by atoms with Crippen LogP contribution in [0.15, 0.2) is 170 Å². The monoisotopic (exact) mass is 700 g/mol. The first-order valence-electron chi connectivity index (χ1n) is 17.1. The van der Waals surface area contributed by atoms with Gasteiger partial charge in [-0.25, -0.2) is 19.9 Å². The van der Waals surface area contributed by atoms with Crippen molar-refractivity contribution < 1.29 is 0 Å². The lowest BCUT2D eigenvalue weighted by Gasteiger charge is -2.12. The summed E-state index contributed by atoms with van der Waals surface area (Å²) >= 11 is 3.52. The zero-order chi connectivity index (χ0) is 34.4. The summed E-state index contributed by atoms with van der Waals surface area (Å²) in [5.41, 5.74) is 9.52. The maximum Gasteiger partial charge on any atom is 0.165 e. The molecule has 0 fully saturated rings. The first-order chi connectivity index (χ1) is 25.7. The van der Waals surface area contributed by atoms with Crippen LogP contribution in [0.5, 0.6) is 0 Å². The fourth-order valence-corrected chi connectivity index (χ4v) is 9.23. The molecule has 244 valence electrons. The van der Waals surface area contributed by atoms with Crippen LogP contribution in [-0.4, -0.2) is 19.9 Å². The second kappa shape index (κ2) is 12.8. The Morgan fingerprint density at radius 2 is 0.827 bits per heavy atom. The number of para-hydroxylation sites is 1. The molecule has 0 atom stereocenters. The van der Waals surface area contributed by atoms with Crippen molar-refractivity contribution in [2.24, 2.45) is 0 Å². The Hall–Kier alpha value is -6.34. The normalized spacial score (nSPS) is 11.5. The van der Waals surface area contributed by atoms with E-state index in [2.05, 4.69) is 133 Å². The van der Waals surface area contributed by atoms with E-state index in [1.54, 1.807) is 22.7 Å². The standard InChI is InChI=1S/C46H28N4S2/c1-4-14-29(15-5-1)32-26-33(30-16-6-2-7-17-30)28-34(27-32)44-48-43(31-18-8-3-9-19-31)49-45(50-44)37-22-12-20-35-36-21-13-23-38(42(36)52-41(35)37)46-47-39-24-10-11-25-40(39)51-46/h1-28H. The Morgan fingerprint density at radius 3 is 1.46 bits per heavy atom. The van der Waals surface area contributed by atoms with Crippen LogP contribution in [0.2, 0.25) is 0 Å². The summed E-state index contributed by atoms with van der Waals surface area (Å²) in [7, 11) is 0. The molecule has 6 heteroatoms. The maximum atomic E-state index is 5.27. The van der Waals surface area contributed by atoms with Crippen molar-refractivity contribution in [3.63, 3.8) is 0 Å². The molecule has 10 rings (SSSR count). The van der Waals surface area contributed by atoms with Gasteiger partial charge in [0.1, 0.15) is 5.01 Å². The fraction of sp³-hybridized carbons (Fsp3) is 0. The molecule has 7 aromatic carbocycles. The third kappa shape index (κ3) is 5.46. The van der Waals surface area contributed by atoms with Crippen LogP contribution < -0.4 is 0 Å². The van der Waals surface area contributed by atoms with Gasteiger partial charge in [-0.05, 0) is 58.7 Å². The second-order valence-corrected chi connectivity index (χ2v) is 14.7. The highest BCUT2D eigenvalue weighted by Crippen LogP contribution is 2.45. The zero-order valence-corrected chi connectivity index (χ0v) is 29.4. The lowest BCUT2D eigenvalue weighted by molar-refractivity contribution is 1.08. The van der Waals surface area contributed by atoms with Gasteiger partial charge in [0.15, 0.2) is 17.5 Å². The van der Waals surface area contributed by atoms with Crippen LogP contribution in [-0.2, 0) is 0 Å². The van der Waals surface area contributed by atoms with Crippen molar-refractivity contribution in [2.45, 2.75) is 0 Å². The molecule has 0 spiro atoms. The van der Waals surface area contributed by atoms with E-state index in [-0.39, 0.29) is 0 Å². The number of rotatable bonds is 6. The minimum absolute atomic E-state index is 0.632. The molecule has 0 radical (unpaired) electrons. The number of aromatic nitrogens is 4. The lowest BCUT2D eigenvalue weighted by Crippen LogP contribution is -2.00. The molecule has 0 saturated carbocycles. The van der Waals surface area contributed by atoms with Crippen molar-refractivity contribution >= 4 is 53.1 Å². The molecule has 4 nitrogen and oxygen atoms in total. The van der Waals surface area contributed by atoms with Crippen LogP contribution in [0, 0.1) is 0 Å². The van der Waals surface area contributed by atoms with Crippen molar-refractivity contribution in [2.75, 3.05) is 0 Å². The van der Waals surface area contributed by atoms with Crippen LogP contribution in [0.3, 0.4) is 0 Å². The number of hydrogen-bond donors (Lipinski definition) is 0. The van der Waals surface area contributed by atoms with Gasteiger partial charge in [0.05, 0.1) is 10.2 Å². The average molecular weight is 701 g/mol. The SMILES string of the molecule is c1ccc(-c2cc(-c3ccccc3)cc(-c3nc(-c4ccccc4)nc(-c4cccc5c4sc4c(-c6nc7ccccc7s6)cccc45)n3)c2)cc1. The number of fused-ring (bicyclic) bond motifs is 4. The van der Waals surface area contributed by atoms with E-state index >= 15 is 0 Å². The molecule has 10 aromatic rings. The zero-order valence-electron chi connectivity index (χ0n) is 27.8. The van der Waals surface area contributed by atoms with E-state index in [1.807, 2.05) is 36.4 Å². The van der Waals surface area contributed by atoms with Gasteiger partial charge in [0.2, 0.25) is 0 Å². The summed E-state index contributed by atoms with van der Waals surface area (Å²) in [4.78, 5) is 20.6. The molecule has 0 bridgehead atoms. The Bertz CT molecular complexity index is 2810. The predicted octanol–water partition coefficient (Wildman–Crippen LogP) is 12.9. The molecule has 0 N–H and O–H groups in total. The number of hydrogen-bond acceptors (Lipinski definition) is 6. The van der Waals surface area contributed by atoms with Crippen molar-refractivity contribution in [3.05, 3.63) is 170 Å². The van der Waals surface area contributed by atoms with E-state index < -0.39 is 0 Å². The van der Waals surface area contributed by atoms with Gasteiger partial charge < -0.3 is 0 Å². The summed E-state index contributed by atoms with van der Waals surface area (Å²) in [6, 6.07) is 59.1. The number of benzene rings is 7. The number of thiazole rings is 1. The third-order valence-electron chi connectivity index (χ3n) is 9.36. The van der Waals surface area contributed by atoms with Crippen molar-refractivity contribution in [1.82, 2.24) is 19.9 Å². The highest BCUT2D eigenvalue weighted by Gasteiger charge is 2.20. The van der Waals surface area contributed by atoms with Gasteiger partial charge in [-0.3, -0.25) is 0 Å². The first kappa shape index (κ1) is 30.5. The van der Waals surface area contributed by atoms with E-state index in [1.165, 1.54) is 20.2 Å². The summed E-state index contributed by atoms with van der Waals surface area (Å²) < 4.78 is 3.55. The molecular formula is C46H28N4S2. The molecule has 0 unspecified atom stereocenters. The number of nitrogens with zero attached hydrogens (tertiary/aromatic N) is 4. The topological polar surface area (TPSA) is 51.6 Å². The molecule has 3 heterocycles. The Morgan fingerprint density at radius 1 is 0.327 bits per heavy atom. The lowest BCUT2D eigenvalue weighted by atomic mass is 9.96. The molecule has 0 saturated heterocycles. The van der Waals surface area contributed by atoms with Crippen LogP contribution in [0.4, 0.5) is 0 Å². The van der Waals surface area contributed by atoms with Gasteiger partial charge >= 0.3 is 0 Å². The second-order valence-electron chi connectivity index (χ2n) is 12.7. The van der Waals surface area contributed by atoms with Gasteiger partial charge in [-0.15, -0.1) is 22.7 Å². The fourth-order valence-electron chi connectivity index (χ4n) is 6.85. The van der Waals surface area contributed by atoms with E-state index in [9.17, 15) is 0 Å². The molecule has 0 aliphatic heterocycles. The smallest absolute Gasteiger partial charge is 0.165 e. The molecule has 52 heavy (non-hydrogen) atoms. The summed E-state index contributed by atoms with van der Waals surface area (Å²) in [5, 5.41) is 3.42. The van der Waals surface area contributed by atoms with Crippen molar-refractivity contribution in [3.8, 4) is 67.0 Å². The summed E-state index contributed by atoms with van der Waals surface area (Å²) in [6.07, 6.45) is 0. The Labute approximate surface area is 308 Å². The molecule has 0 aliphatic rings. The van der Waals surface area contributed by atoms with E-state index in [0.717, 1.165) is 59.7 Å². The minimum atomic E-state index is 0.632. The van der Waals surface area contributed by atoms with Gasteiger partial charge in [0, 0.05) is 42.4 Å². The van der Waals surface area contributed by atoms with E-state index in [4.69, 9.17) is 19.9 Å². The van der Waals surface area contributed by atoms with Crippen LogP contribution >= 0.6 is 22.7 Å².